The van der Waals surface area contributed by atoms with Crippen molar-refractivity contribution in [3.05, 3.63) is 24.1 Å². The predicted molar refractivity (Wildman–Crippen MR) is 68.0 cm³/mol. The maximum atomic E-state index is 12.7. The molecule has 116 valence electrons. The lowest BCUT2D eigenvalue weighted by Gasteiger charge is -2.23. The number of rotatable bonds is 3. The minimum absolute atomic E-state index is 0.00405. The van der Waals surface area contributed by atoms with Gasteiger partial charge in [-0.3, -0.25) is 9.69 Å². The van der Waals surface area contributed by atoms with E-state index in [9.17, 15) is 22.4 Å². The van der Waals surface area contributed by atoms with Crippen molar-refractivity contribution in [1.82, 2.24) is 9.88 Å². The topological polar surface area (TPSA) is 45.2 Å². The Morgan fingerprint density at radius 2 is 2.19 bits per heavy atom. The lowest BCUT2D eigenvalue weighted by molar-refractivity contribution is -0.171. The van der Waals surface area contributed by atoms with E-state index < -0.39 is 29.9 Å². The zero-order chi connectivity index (χ0) is 15.6. The molecule has 1 fully saturated rings. The second-order valence-electron chi connectivity index (χ2n) is 5.05. The van der Waals surface area contributed by atoms with Crippen LogP contribution in [-0.4, -0.2) is 41.1 Å². The van der Waals surface area contributed by atoms with E-state index in [0.29, 0.717) is 0 Å². The lowest BCUT2D eigenvalue weighted by Crippen LogP contribution is -2.41. The fourth-order valence-corrected chi connectivity index (χ4v) is 2.25. The molecule has 2 heterocycles. The minimum Gasteiger partial charge on any atom is -0.309 e. The average Bonchev–Trinajstić information content (AvgIpc) is 2.90. The van der Waals surface area contributed by atoms with Gasteiger partial charge in [-0.1, -0.05) is 0 Å². The van der Waals surface area contributed by atoms with Crippen LogP contribution in [0.15, 0.2) is 18.3 Å². The summed E-state index contributed by atoms with van der Waals surface area (Å²) in [5, 5.41) is 2.46. The summed E-state index contributed by atoms with van der Waals surface area (Å²) in [7, 11) is 0. The number of aromatic nitrogens is 1. The average molecular weight is 305 g/mol. The summed E-state index contributed by atoms with van der Waals surface area (Å²) in [5.41, 5.74) is 0. The Labute approximate surface area is 119 Å². The molecule has 2 unspecified atom stereocenters. The molecule has 0 radical (unpaired) electrons. The fraction of sp³-hybridized carbons (Fsp3) is 0.538. The molecule has 1 aliphatic heterocycles. The van der Waals surface area contributed by atoms with Crippen molar-refractivity contribution in [1.29, 1.82) is 0 Å². The minimum atomic E-state index is -4.23. The number of anilines is 1. The number of likely N-dealkylation sites (tertiary alicyclic amines) is 1. The number of hydrogen-bond acceptors (Lipinski definition) is 3. The molecule has 1 amide bonds. The number of halogens is 4. The van der Waals surface area contributed by atoms with Crippen molar-refractivity contribution in [2.75, 3.05) is 18.4 Å². The number of hydrogen-bond donors (Lipinski definition) is 1. The first-order chi connectivity index (χ1) is 9.77. The van der Waals surface area contributed by atoms with E-state index >= 15 is 0 Å². The van der Waals surface area contributed by atoms with Crippen LogP contribution in [0.3, 0.4) is 0 Å². The first kappa shape index (κ1) is 15.7. The zero-order valence-corrected chi connectivity index (χ0v) is 11.3. The van der Waals surface area contributed by atoms with Crippen LogP contribution in [0.5, 0.6) is 0 Å². The molecular weight excluding hydrogens is 290 g/mol. The van der Waals surface area contributed by atoms with Crippen molar-refractivity contribution in [2.45, 2.75) is 25.6 Å². The number of carbonyl (C=O) groups is 1. The van der Waals surface area contributed by atoms with Gasteiger partial charge < -0.3 is 5.32 Å². The van der Waals surface area contributed by atoms with Gasteiger partial charge >= 0.3 is 6.18 Å². The molecule has 8 heteroatoms. The van der Waals surface area contributed by atoms with Crippen molar-refractivity contribution in [3.63, 3.8) is 0 Å². The third kappa shape index (κ3) is 3.90. The normalized spacial score (nSPS) is 21.3. The molecule has 0 spiro atoms. The number of nitrogens with zero attached hydrogens (tertiary/aromatic N) is 2. The summed E-state index contributed by atoms with van der Waals surface area (Å²) >= 11 is 0. The number of pyridine rings is 1. The summed E-state index contributed by atoms with van der Waals surface area (Å²) < 4.78 is 50.5. The fourth-order valence-electron chi connectivity index (χ4n) is 2.25. The Morgan fingerprint density at radius 3 is 2.71 bits per heavy atom. The smallest absolute Gasteiger partial charge is 0.309 e. The van der Waals surface area contributed by atoms with Crippen LogP contribution in [0.2, 0.25) is 0 Å². The molecule has 2 atom stereocenters. The molecule has 1 aromatic rings. The van der Waals surface area contributed by atoms with Crippen LogP contribution in [-0.2, 0) is 4.79 Å². The molecule has 0 aliphatic carbocycles. The van der Waals surface area contributed by atoms with Gasteiger partial charge in [-0.15, -0.1) is 0 Å². The number of amides is 1. The predicted octanol–water partition coefficient (Wildman–Crippen LogP) is 2.43. The highest BCUT2D eigenvalue weighted by Crippen LogP contribution is 2.34. The molecular formula is C13H15F4N3O. The van der Waals surface area contributed by atoms with E-state index in [4.69, 9.17) is 0 Å². The molecule has 0 saturated carbocycles. The Bertz CT molecular complexity index is 503. The van der Waals surface area contributed by atoms with Gasteiger partial charge in [0.1, 0.15) is 11.6 Å². The van der Waals surface area contributed by atoms with Crippen molar-refractivity contribution < 1.29 is 22.4 Å². The molecule has 0 bridgehead atoms. The van der Waals surface area contributed by atoms with Gasteiger partial charge in [0.15, 0.2) is 0 Å². The largest absolute Gasteiger partial charge is 0.393 e. The Morgan fingerprint density at radius 1 is 1.48 bits per heavy atom. The maximum absolute atomic E-state index is 12.7. The van der Waals surface area contributed by atoms with Crippen LogP contribution in [0.25, 0.3) is 0 Å². The van der Waals surface area contributed by atoms with Crippen LogP contribution < -0.4 is 5.32 Å². The van der Waals surface area contributed by atoms with Gasteiger partial charge in [0, 0.05) is 6.54 Å². The summed E-state index contributed by atoms with van der Waals surface area (Å²) in [6.45, 7) is 1.57. The van der Waals surface area contributed by atoms with Crippen LogP contribution in [0.1, 0.15) is 13.3 Å². The zero-order valence-electron chi connectivity index (χ0n) is 11.3. The second-order valence-corrected chi connectivity index (χ2v) is 5.05. The quantitative estimate of drug-likeness (QED) is 0.872. The van der Waals surface area contributed by atoms with Crippen LogP contribution in [0, 0.1) is 11.7 Å². The second kappa shape index (κ2) is 5.97. The molecule has 1 saturated heterocycles. The van der Waals surface area contributed by atoms with E-state index in [1.807, 2.05) is 0 Å². The van der Waals surface area contributed by atoms with Crippen LogP contribution >= 0.6 is 0 Å². The molecule has 1 aromatic heterocycles. The summed E-state index contributed by atoms with van der Waals surface area (Å²) in [6.07, 6.45) is -3.28. The van der Waals surface area contributed by atoms with Gasteiger partial charge in [-0.2, -0.15) is 13.2 Å². The van der Waals surface area contributed by atoms with E-state index in [2.05, 4.69) is 10.3 Å². The molecule has 21 heavy (non-hydrogen) atoms. The summed E-state index contributed by atoms with van der Waals surface area (Å²) in [5.74, 6) is -2.22. The highest BCUT2D eigenvalue weighted by molar-refractivity contribution is 5.93. The number of alkyl halides is 3. The van der Waals surface area contributed by atoms with Crippen molar-refractivity contribution in [2.24, 2.45) is 5.92 Å². The molecule has 1 aliphatic rings. The molecule has 2 rings (SSSR count). The standard InChI is InChI=1S/C13H15F4N3O/c1-8(20-5-4-9(7-20)13(15,16)17)12(21)19-11-3-2-10(14)6-18-11/h2-3,6,8-9H,4-5,7H2,1H3,(H,18,19,21). The number of nitrogens with one attached hydrogen (secondary N) is 1. The first-order valence-electron chi connectivity index (χ1n) is 6.50. The van der Waals surface area contributed by atoms with Gasteiger partial charge in [0.2, 0.25) is 5.91 Å². The number of carbonyl (C=O) groups excluding carboxylic acids is 1. The summed E-state index contributed by atoms with van der Waals surface area (Å²) in [6, 6.07) is 1.73. The SMILES string of the molecule is CC(C(=O)Nc1ccc(F)cn1)N1CCC(C(F)(F)F)C1. The molecule has 1 N–H and O–H groups in total. The van der Waals surface area contributed by atoms with E-state index in [1.165, 1.54) is 17.9 Å². The van der Waals surface area contributed by atoms with Gasteiger partial charge in [0.25, 0.3) is 0 Å². The van der Waals surface area contributed by atoms with E-state index in [1.54, 1.807) is 0 Å². The highest BCUT2D eigenvalue weighted by atomic mass is 19.4. The third-order valence-electron chi connectivity index (χ3n) is 3.59. The Kier molecular flexibility index (Phi) is 4.46. The van der Waals surface area contributed by atoms with E-state index in [0.717, 1.165) is 12.3 Å². The Hall–Kier alpha value is -1.70. The van der Waals surface area contributed by atoms with Crippen molar-refractivity contribution >= 4 is 11.7 Å². The maximum Gasteiger partial charge on any atom is 0.393 e. The molecule has 4 nitrogen and oxygen atoms in total. The first-order valence-corrected chi connectivity index (χ1v) is 6.50. The monoisotopic (exact) mass is 305 g/mol. The van der Waals surface area contributed by atoms with Crippen molar-refractivity contribution in [3.8, 4) is 0 Å². The highest BCUT2D eigenvalue weighted by Gasteiger charge is 2.45. The van der Waals surface area contributed by atoms with Gasteiger partial charge in [0.05, 0.1) is 18.2 Å². The lowest BCUT2D eigenvalue weighted by atomic mass is 10.1. The van der Waals surface area contributed by atoms with Gasteiger partial charge in [-0.25, -0.2) is 9.37 Å². The third-order valence-corrected chi connectivity index (χ3v) is 3.59. The van der Waals surface area contributed by atoms with Crippen LogP contribution in [0.4, 0.5) is 23.4 Å². The summed E-state index contributed by atoms with van der Waals surface area (Å²) in [4.78, 5) is 17.1. The van der Waals surface area contributed by atoms with Gasteiger partial charge in [-0.05, 0) is 32.0 Å². The van der Waals surface area contributed by atoms with E-state index in [-0.39, 0.29) is 25.3 Å². The molecule has 0 aromatic carbocycles. The Balaban J connectivity index is 1.93.